The Hall–Kier alpha value is -0.220. The molecule has 1 saturated heterocycles. The molecular formula is C11H19F2NO. The summed E-state index contributed by atoms with van der Waals surface area (Å²) < 4.78 is 30.5. The number of halogens is 2. The summed E-state index contributed by atoms with van der Waals surface area (Å²) in [7, 11) is 1.74. The summed E-state index contributed by atoms with van der Waals surface area (Å²) >= 11 is 0. The van der Waals surface area contributed by atoms with Gasteiger partial charge in [-0.2, -0.15) is 0 Å². The lowest BCUT2D eigenvalue weighted by atomic mass is 9.81. The molecule has 1 saturated carbocycles. The van der Waals surface area contributed by atoms with Crippen LogP contribution in [0.4, 0.5) is 8.78 Å². The predicted molar refractivity (Wildman–Crippen MR) is 54.1 cm³/mol. The Bertz CT molecular complexity index is 207. The molecule has 2 nitrogen and oxygen atoms in total. The number of rotatable bonds is 3. The van der Waals surface area contributed by atoms with E-state index in [1.165, 1.54) is 0 Å². The normalized spacial score (nSPS) is 29.0. The van der Waals surface area contributed by atoms with Crippen LogP contribution < -0.4 is 0 Å². The van der Waals surface area contributed by atoms with Gasteiger partial charge in [-0.15, -0.1) is 0 Å². The summed E-state index contributed by atoms with van der Waals surface area (Å²) in [5.74, 6) is -2.14. The highest BCUT2D eigenvalue weighted by molar-refractivity contribution is 4.88. The highest BCUT2D eigenvalue weighted by atomic mass is 19.3. The Kier molecular flexibility index (Phi) is 3.26. The van der Waals surface area contributed by atoms with Crippen LogP contribution in [0.15, 0.2) is 0 Å². The lowest BCUT2D eigenvalue weighted by Gasteiger charge is -2.40. The number of methoxy groups -OCH3 is 1. The Balaban J connectivity index is 1.65. The molecule has 0 aromatic rings. The lowest BCUT2D eigenvalue weighted by molar-refractivity contribution is -0.118. The Morgan fingerprint density at radius 1 is 1.27 bits per heavy atom. The summed E-state index contributed by atoms with van der Waals surface area (Å²) in [5, 5.41) is 0. The maximum Gasteiger partial charge on any atom is 0.248 e. The van der Waals surface area contributed by atoms with Crippen LogP contribution in [0.5, 0.6) is 0 Å². The van der Waals surface area contributed by atoms with Crippen molar-refractivity contribution in [1.82, 2.24) is 4.90 Å². The number of nitrogens with zero attached hydrogens (tertiary/aromatic N) is 1. The van der Waals surface area contributed by atoms with Gasteiger partial charge in [0.2, 0.25) is 5.92 Å². The first-order valence-corrected chi connectivity index (χ1v) is 5.72. The summed E-state index contributed by atoms with van der Waals surface area (Å²) in [4.78, 5) is 2.30. The molecule has 1 aliphatic heterocycles. The third-order valence-electron chi connectivity index (χ3n) is 3.56. The molecular weight excluding hydrogens is 200 g/mol. The zero-order valence-corrected chi connectivity index (χ0v) is 9.22. The molecule has 0 radical (unpaired) electrons. The van der Waals surface area contributed by atoms with Crippen LogP contribution in [-0.4, -0.2) is 43.7 Å². The number of likely N-dealkylation sites (tertiary alicyclic amines) is 1. The summed E-state index contributed by atoms with van der Waals surface area (Å²) in [6.45, 7) is 2.85. The molecule has 0 aromatic heterocycles. The van der Waals surface area contributed by atoms with Crippen molar-refractivity contribution in [1.29, 1.82) is 0 Å². The van der Waals surface area contributed by atoms with E-state index in [1.807, 2.05) is 0 Å². The van der Waals surface area contributed by atoms with Gasteiger partial charge in [0.15, 0.2) is 0 Å². The zero-order valence-electron chi connectivity index (χ0n) is 9.22. The average Bonchev–Trinajstić information content (AvgIpc) is 2.16. The van der Waals surface area contributed by atoms with Gasteiger partial charge < -0.3 is 9.64 Å². The van der Waals surface area contributed by atoms with E-state index >= 15 is 0 Å². The van der Waals surface area contributed by atoms with Gasteiger partial charge in [0.25, 0.3) is 0 Å². The van der Waals surface area contributed by atoms with Gasteiger partial charge in [0.05, 0.1) is 6.10 Å². The van der Waals surface area contributed by atoms with Crippen LogP contribution in [0.1, 0.15) is 25.7 Å². The van der Waals surface area contributed by atoms with Gasteiger partial charge in [0.1, 0.15) is 0 Å². The smallest absolute Gasteiger partial charge is 0.248 e. The van der Waals surface area contributed by atoms with Gasteiger partial charge in [-0.25, -0.2) is 8.78 Å². The van der Waals surface area contributed by atoms with Gasteiger partial charge in [-0.05, 0) is 18.8 Å². The first-order chi connectivity index (χ1) is 7.09. The maximum atomic E-state index is 12.6. The fourth-order valence-corrected chi connectivity index (χ4v) is 2.61. The van der Waals surface area contributed by atoms with Crippen molar-refractivity contribution in [3.8, 4) is 0 Å². The molecule has 0 spiro atoms. The van der Waals surface area contributed by atoms with Crippen molar-refractivity contribution >= 4 is 0 Å². The minimum Gasteiger partial charge on any atom is -0.381 e. The molecule has 0 unspecified atom stereocenters. The second kappa shape index (κ2) is 4.34. The SMILES string of the molecule is COC1CCN(CC2CC(F)(F)C2)CC1. The molecule has 0 atom stereocenters. The second-order valence-corrected chi connectivity index (χ2v) is 4.87. The number of hydrogen-bond acceptors (Lipinski definition) is 2. The van der Waals surface area contributed by atoms with E-state index in [-0.39, 0.29) is 18.8 Å². The summed E-state index contributed by atoms with van der Waals surface area (Å²) in [6.07, 6.45) is 2.65. The van der Waals surface area contributed by atoms with E-state index in [1.54, 1.807) is 7.11 Å². The highest BCUT2D eigenvalue weighted by Gasteiger charge is 2.45. The van der Waals surface area contributed by atoms with Crippen LogP contribution in [-0.2, 0) is 4.74 Å². The quantitative estimate of drug-likeness (QED) is 0.721. The van der Waals surface area contributed by atoms with Crippen LogP contribution in [0.2, 0.25) is 0 Å². The van der Waals surface area contributed by atoms with Crippen molar-refractivity contribution in [2.75, 3.05) is 26.7 Å². The molecule has 0 bridgehead atoms. The molecule has 0 N–H and O–H groups in total. The van der Waals surface area contributed by atoms with E-state index in [9.17, 15) is 8.78 Å². The van der Waals surface area contributed by atoms with E-state index in [2.05, 4.69) is 4.90 Å². The van der Waals surface area contributed by atoms with Crippen molar-refractivity contribution in [2.24, 2.45) is 5.92 Å². The third-order valence-corrected chi connectivity index (χ3v) is 3.56. The first-order valence-electron chi connectivity index (χ1n) is 5.72. The monoisotopic (exact) mass is 219 g/mol. The number of hydrogen-bond donors (Lipinski definition) is 0. The molecule has 4 heteroatoms. The van der Waals surface area contributed by atoms with E-state index in [0.717, 1.165) is 32.5 Å². The molecule has 1 heterocycles. The molecule has 0 amide bonds. The van der Waals surface area contributed by atoms with E-state index < -0.39 is 5.92 Å². The molecule has 15 heavy (non-hydrogen) atoms. The zero-order chi connectivity index (χ0) is 10.9. The van der Waals surface area contributed by atoms with Crippen LogP contribution in [0, 0.1) is 5.92 Å². The minimum absolute atomic E-state index is 0.0945. The minimum atomic E-state index is -2.37. The number of alkyl halides is 2. The van der Waals surface area contributed by atoms with Gasteiger partial charge in [-0.3, -0.25) is 0 Å². The standard InChI is InChI=1S/C11H19F2NO/c1-15-10-2-4-14(5-3-10)8-9-6-11(12,13)7-9/h9-10H,2-8H2,1H3. The van der Waals surface area contributed by atoms with Crippen molar-refractivity contribution < 1.29 is 13.5 Å². The highest BCUT2D eigenvalue weighted by Crippen LogP contribution is 2.42. The average molecular weight is 219 g/mol. The Labute approximate surface area is 89.6 Å². The van der Waals surface area contributed by atoms with Gasteiger partial charge >= 0.3 is 0 Å². The lowest BCUT2D eigenvalue weighted by Crippen LogP contribution is -2.45. The Morgan fingerprint density at radius 2 is 1.87 bits per heavy atom. The van der Waals surface area contributed by atoms with Crippen LogP contribution in [0.25, 0.3) is 0 Å². The molecule has 2 fully saturated rings. The fourth-order valence-electron chi connectivity index (χ4n) is 2.61. The van der Waals surface area contributed by atoms with Crippen molar-refractivity contribution in [3.63, 3.8) is 0 Å². The second-order valence-electron chi connectivity index (χ2n) is 4.87. The van der Waals surface area contributed by atoms with Crippen molar-refractivity contribution in [3.05, 3.63) is 0 Å². The van der Waals surface area contributed by atoms with Crippen molar-refractivity contribution in [2.45, 2.75) is 37.7 Å². The van der Waals surface area contributed by atoms with E-state index in [4.69, 9.17) is 4.74 Å². The van der Waals surface area contributed by atoms with Crippen LogP contribution in [0.3, 0.4) is 0 Å². The largest absolute Gasteiger partial charge is 0.381 e. The topological polar surface area (TPSA) is 12.5 Å². The summed E-state index contributed by atoms with van der Waals surface area (Å²) in [6, 6.07) is 0. The van der Waals surface area contributed by atoms with Gasteiger partial charge in [0, 0.05) is 39.6 Å². The maximum absolute atomic E-state index is 12.6. The molecule has 2 aliphatic rings. The first kappa shape index (κ1) is 11.3. The van der Waals surface area contributed by atoms with Crippen LogP contribution >= 0.6 is 0 Å². The fraction of sp³-hybridized carbons (Fsp3) is 1.00. The predicted octanol–water partition coefficient (Wildman–Crippen LogP) is 2.14. The van der Waals surface area contributed by atoms with E-state index in [0.29, 0.717) is 6.10 Å². The summed E-state index contributed by atoms with van der Waals surface area (Å²) in [5.41, 5.74) is 0. The molecule has 88 valence electrons. The number of piperidine rings is 1. The molecule has 2 rings (SSSR count). The molecule has 1 aliphatic carbocycles. The Morgan fingerprint density at radius 3 is 2.33 bits per heavy atom. The van der Waals surface area contributed by atoms with Gasteiger partial charge in [-0.1, -0.05) is 0 Å². The number of ether oxygens (including phenoxy) is 1. The third kappa shape index (κ3) is 2.88. The molecule has 0 aromatic carbocycles.